The zero-order chi connectivity index (χ0) is 22.0. The number of piperidine rings is 1. The van der Waals surface area contributed by atoms with E-state index in [1.54, 1.807) is 16.5 Å². The zero-order valence-electron chi connectivity index (χ0n) is 17.7. The molecule has 2 amide bonds. The third-order valence-corrected chi connectivity index (χ3v) is 7.02. The van der Waals surface area contributed by atoms with Crippen molar-refractivity contribution >= 4 is 34.5 Å². The van der Waals surface area contributed by atoms with Crippen LogP contribution in [0.1, 0.15) is 29.0 Å². The van der Waals surface area contributed by atoms with Gasteiger partial charge in [0.15, 0.2) is 17.0 Å². The number of hydrogen-bond acceptors (Lipinski definition) is 7. The van der Waals surface area contributed by atoms with Gasteiger partial charge in [0.2, 0.25) is 11.7 Å². The van der Waals surface area contributed by atoms with Gasteiger partial charge in [-0.1, -0.05) is 18.2 Å². The number of aliphatic hydroxyl groups is 1. The molecule has 10 heteroatoms. The number of likely N-dealkylation sites (tertiary alicyclic amines) is 1. The summed E-state index contributed by atoms with van der Waals surface area (Å²) >= 11 is 0. The zero-order valence-corrected chi connectivity index (χ0v) is 17.7. The number of carbonyl (C=O) groups is 2. The van der Waals surface area contributed by atoms with Crippen molar-refractivity contribution in [2.75, 3.05) is 36.4 Å². The lowest BCUT2D eigenvalue weighted by molar-refractivity contribution is -0.121. The summed E-state index contributed by atoms with van der Waals surface area (Å²) in [4.78, 5) is 42.8. The number of β-amino-alcohol motifs (C(OH)–C–C–N with tert-alkyl or cyclic N) is 1. The number of aryl methyl sites for hydroxylation is 1. The van der Waals surface area contributed by atoms with E-state index in [0.717, 1.165) is 11.3 Å². The Morgan fingerprint density at radius 2 is 1.94 bits per heavy atom. The first-order valence-electron chi connectivity index (χ1n) is 10.8. The van der Waals surface area contributed by atoms with E-state index in [1.165, 1.54) is 6.33 Å². The van der Waals surface area contributed by atoms with E-state index >= 15 is 0 Å². The number of imidazole rings is 1. The summed E-state index contributed by atoms with van der Waals surface area (Å²) in [6.07, 6.45) is 2.36. The summed E-state index contributed by atoms with van der Waals surface area (Å²) in [5.41, 5.74) is 2.62. The molecule has 2 saturated heterocycles. The molecule has 3 aliphatic heterocycles. The molecule has 0 radical (unpaired) electrons. The summed E-state index contributed by atoms with van der Waals surface area (Å²) in [6.45, 7) is 1.93. The summed E-state index contributed by atoms with van der Waals surface area (Å²) in [6, 6.07) is 7.90. The molecule has 0 atom stereocenters. The molecule has 6 rings (SSSR count). The van der Waals surface area contributed by atoms with E-state index in [9.17, 15) is 14.7 Å². The second-order valence-electron chi connectivity index (χ2n) is 8.80. The molecule has 0 saturated carbocycles. The number of benzene rings is 1. The van der Waals surface area contributed by atoms with Gasteiger partial charge in [0.05, 0.1) is 11.5 Å². The van der Waals surface area contributed by atoms with Crippen LogP contribution in [0.5, 0.6) is 0 Å². The van der Waals surface area contributed by atoms with E-state index in [4.69, 9.17) is 0 Å². The molecule has 0 unspecified atom stereocenters. The van der Waals surface area contributed by atoms with Crippen LogP contribution in [0, 0.1) is 0 Å². The van der Waals surface area contributed by atoms with E-state index in [0.29, 0.717) is 56.0 Å². The fourth-order valence-corrected chi connectivity index (χ4v) is 5.14. The van der Waals surface area contributed by atoms with Crippen molar-refractivity contribution < 1.29 is 14.7 Å². The van der Waals surface area contributed by atoms with E-state index in [-0.39, 0.29) is 17.6 Å². The molecule has 32 heavy (non-hydrogen) atoms. The molecule has 2 fully saturated rings. The maximum absolute atomic E-state index is 12.9. The van der Waals surface area contributed by atoms with Crippen molar-refractivity contribution in [2.24, 2.45) is 7.05 Å². The van der Waals surface area contributed by atoms with Crippen molar-refractivity contribution in [1.29, 1.82) is 0 Å². The van der Waals surface area contributed by atoms with Crippen LogP contribution in [0.25, 0.3) is 11.2 Å². The normalized spacial score (nSPS) is 19.9. The molecule has 3 aromatic rings. The average Bonchev–Trinajstić information content (AvgIpc) is 3.26. The Bertz CT molecular complexity index is 1260. The predicted molar refractivity (Wildman–Crippen MR) is 116 cm³/mol. The minimum Gasteiger partial charge on any atom is -0.389 e. The fraction of sp³-hybridized carbons (Fsp3) is 0.409. The minimum absolute atomic E-state index is 0.0636. The molecular weight excluding hydrogens is 410 g/mol. The highest BCUT2D eigenvalue weighted by Crippen LogP contribution is 2.45. The summed E-state index contributed by atoms with van der Waals surface area (Å²) in [5.74, 6) is 0.799. The Kier molecular flexibility index (Phi) is 4.03. The standard InChI is InChI=1S/C22H23N7O3/c1-27-17-16(26-19(27)20(31)29-10-13(30)11-29)18(24-12-23-17)28-8-6-22(7-9-28)14-4-2-3-5-15(14)25-21(22)32/h2-5,12-13,30H,6-11H2,1H3,(H,25,32). The first-order chi connectivity index (χ1) is 15.5. The van der Waals surface area contributed by atoms with Crippen molar-refractivity contribution in [3.05, 3.63) is 42.0 Å². The van der Waals surface area contributed by atoms with Crippen LogP contribution in [0.2, 0.25) is 0 Å². The summed E-state index contributed by atoms with van der Waals surface area (Å²) in [5, 5.41) is 12.6. The van der Waals surface area contributed by atoms with Crippen molar-refractivity contribution in [2.45, 2.75) is 24.4 Å². The molecule has 3 aliphatic rings. The second kappa shape index (κ2) is 6.73. The van der Waals surface area contributed by atoms with Gasteiger partial charge < -0.3 is 24.8 Å². The van der Waals surface area contributed by atoms with Crippen molar-refractivity contribution in [1.82, 2.24) is 24.4 Å². The average molecular weight is 433 g/mol. The lowest BCUT2D eigenvalue weighted by Gasteiger charge is -2.38. The van der Waals surface area contributed by atoms with Gasteiger partial charge in [-0.05, 0) is 24.5 Å². The number of carbonyl (C=O) groups excluding carboxylic acids is 2. The Hall–Kier alpha value is -3.53. The molecule has 1 aromatic carbocycles. The van der Waals surface area contributed by atoms with Gasteiger partial charge in [-0.3, -0.25) is 9.59 Å². The Balaban J connectivity index is 1.30. The van der Waals surface area contributed by atoms with Crippen LogP contribution in [-0.2, 0) is 17.3 Å². The Labute approximate surface area is 183 Å². The Morgan fingerprint density at radius 1 is 1.19 bits per heavy atom. The van der Waals surface area contributed by atoms with Crippen LogP contribution in [-0.4, -0.2) is 73.6 Å². The molecule has 164 valence electrons. The van der Waals surface area contributed by atoms with Crippen molar-refractivity contribution in [3.63, 3.8) is 0 Å². The minimum atomic E-state index is -0.511. The van der Waals surface area contributed by atoms with Crippen LogP contribution < -0.4 is 10.2 Å². The van der Waals surface area contributed by atoms with Gasteiger partial charge in [0.25, 0.3) is 5.91 Å². The highest BCUT2D eigenvalue weighted by Gasteiger charge is 2.48. The van der Waals surface area contributed by atoms with E-state index < -0.39 is 11.5 Å². The number of para-hydroxylation sites is 1. The molecule has 1 spiro atoms. The van der Waals surface area contributed by atoms with Gasteiger partial charge in [-0.25, -0.2) is 15.0 Å². The number of anilines is 2. The lowest BCUT2D eigenvalue weighted by Crippen LogP contribution is -2.53. The van der Waals surface area contributed by atoms with Gasteiger partial charge >= 0.3 is 0 Å². The number of fused-ring (bicyclic) bond motifs is 3. The largest absolute Gasteiger partial charge is 0.389 e. The molecule has 10 nitrogen and oxygen atoms in total. The quantitative estimate of drug-likeness (QED) is 0.610. The SMILES string of the molecule is Cn1c(C(=O)N2CC(O)C2)nc2c(N3CCC4(CC3)C(=O)Nc3ccccc34)ncnc21. The number of amides is 2. The third kappa shape index (κ3) is 2.59. The molecule has 2 aromatic heterocycles. The van der Waals surface area contributed by atoms with E-state index in [2.05, 4.69) is 25.2 Å². The highest BCUT2D eigenvalue weighted by molar-refractivity contribution is 6.06. The van der Waals surface area contributed by atoms with E-state index in [1.807, 2.05) is 24.3 Å². The van der Waals surface area contributed by atoms with Crippen LogP contribution in [0.4, 0.5) is 11.5 Å². The highest BCUT2D eigenvalue weighted by atomic mass is 16.3. The van der Waals surface area contributed by atoms with Crippen LogP contribution in [0.3, 0.4) is 0 Å². The fourth-order valence-electron chi connectivity index (χ4n) is 5.14. The number of aromatic nitrogens is 4. The topological polar surface area (TPSA) is 116 Å². The van der Waals surface area contributed by atoms with Crippen LogP contribution >= 0.6 is 0 Å². The number of nitrogens with one attached hydrogen (secondary N) is 1. The van der Waals surface area contributed by atoms with Crippen LogP contribution in [0.15, 0.2) is 30.6 Å². The van der Waals surface area contributed by atoms with Crippen molar-refractivity contribution in [3.8, 4) is 0 Å². The molecule has 0 aliphatic carbocycles. The number of rotatable bonds is 2. The van der Waals surface area contributed by atoms with Gasteiger partial charge in [-0.2, -0.15) is 0 Å². The van der Waals surface area contributed by atoms with Gasteiger partial charge in [-0.15, -0.1) is 0 Å². The predicted octanol–water partition coefficient (Wildman–Crippen LogP) is 0.670. The third-order valence-electron chi connectivity index (χ3n) is 7.02. The van der Waals surface area contributed by atoms with Gasteiger partial charge in [0, 0.05) is 38.9 Å². The van der Waals surface area contributed by atoms with Gasteiger partial charge in [0.1, 0.15) is 6.33 Å². The molecule has 5 heterocycles. The number of nitrogens with zero attached hydrogens (tertiary/aromatic N) is 6. The Morgan fingerprint density at radius 3 is 2.69 bits per heavy atom. The first kappa shape index (κ1) is 19.2. The molecule has 2 N–H and O–H groups in total. The monoisotopic (exact) mass is 433 g/mol. The smallest absolute Gasteiger partial charge is 0.290 e. The first-order valence-corrected chi connectivity index (χ1v) is 10.8. The molecular formula is C22H23N7O3. The second-order valence-corrected chi connectivity index (χ2v) is 8.80. The maximum atomic E-state index is 12.9. The number of aliphatic hydroxyl groups excluding tert-OH is 1. The summed E-state index contributed by atoms with van der Waals surface area (Å²) < 4.78 is 1.68. The lowest BCUT2D eigenvalue weighted by atomic mass is 9.73. The molecule has 0 bridgehead atoms. The number of hydrogen-bond donors (Lipinski definition) is 2. The maximum Gasteiger partial charge on any atom is 0.290 e. The summed E-state index contributed by atoms with van der Waals surface area (Å²) in [7, 11) is 1.76.